The van der Waals surface area contributed by atoms with Crippen LogP contribution in [0.1, 0.15) is 24.3 Å². The molecular formula is C16H16N2O. The minimum Gasteiger partial charge on any atom is -0.387 e. The van der Waals surface area contributed by atoms with Gasteiger partial charge in [0.25, 0.3) is 0 Å². The number of aliphatic hydroxyl groups excluding tert-OH is 1. The SMILES string of the molecule is Cc1cccn2c(C(C)O)c(-c3ccccc3)nc12. The number of imidazole rings is 1. The van der Waals surface area contributed by atoms with Gasteiger partial charge in [0, 0.05) is 11.8 Å². The molecular weight excluding hydrogens is 236 g/mol. The molecule has 2 aromatic heterocycles. The molecule has 3 aromatic rings. The zero-order valence-corrected chi connectivity index (χ0v) is 11.0. The van der Waals surface area contributed by atoms with Gasteiger partial charge < -0.3 is 9.51 Å². The highest BCUT2D eigenvalue weighted by Gasteiger charge is 2.18. The lowest BCUT2D eigenvalue weighted by Crippen LogP contribution is -1.99. The normalized spacial score (nSPS) is 12.8. The Hall–Kier alpha value is -2.13. The van der Waals surface area contributed by atoms with Crippen molar-refractivity contribution < 1.29 is 5.11 Å². The molecule has 96 valence electrons. The maximum Gasteiger partial charge on any atom is 0.140 e. The van der Waals surface area contributed by atoms with Gasteiger partial charge in [-0.15, -0.1) is 0 Å². The lowest BCUT2D eigenvalue weighted by Gasteiger charge is -2.08. The number of benzene rings is 1. The number of aryl methyl sites for hydroxylation is 1. The van der Waals surface area contributed by atoms with E-state index >= 15 is 0 Å². The molecule has 1 atom stereocenters. The second kappa shape index (κ2) is 4.52. The molecule has 2 heterocycles. The van der Waals surface area contributed by atoms with Crippen molar-refractivity contribution in [3.05, 3.63) is 59.9 Å². The summed E-state index contributed by atoms with van der Waals surface area (Å²) in [6.07, 6.45) is 1.39. The van der Waals surface area contributed by atoms with Crippen molar-refractivity contribution in [1.82, 2.24) is 9.38 Å². The van der Waals surface area contributed by atoms with Crippen LogP contribution in [0.15, 0.2) is 48.7 Å². The predicted molar refractivity (Wildman–Crippen MR) is 76.0 cm³/mol. The molecule has 0 radical (unpaired) electrons. The standard InChI is InChI=1S/C16H16N2O/c1-11-7-6-10-18-15(12(2)19)14(17-16(11)18)13-8-4-3-5-9-13/h3-10,12,19H,1-2H3. The number of aromatic nitrogens is 2. The van der Waals surface area contributed by atoms with Crippen molar-refractivity contribution in [3.8, 4) is 11.3 Å². The molecule has 19 heavy (non-hydrogen) atoms. The van der Waals surface area contributed by atoms with Gasteiger partial charge in [-0.25, -0.2) is 4.98 Å². The van der Waals surface area contributed by atoms with E-state index in [1.54, 1.807) is 6.92 Å². The fourth-order valence-electron chi connectivity index (χ4n) is 2.43. The van der Waals surface area contributed by atoms with Gasteiger partial charge in [-0.1, -0.05) is 36.4 Å². The number of pyridine rings is 1. The quantitative estimate of drug-likeness (QED) is 0.759. The third kappa shape index (κ3) is 1.92. The average molecular weight is 252 g/mol. The molecule has 0 amide bonds. The average Bonchev–Trinajstić information content (AvgIpc) is 2.81. The largest absolute Gasteiger partial charge is 0.387 e. The van der Waals surface area contributed by atoms with Crippen LogP contribution in [0.3, 0.4) is 0 Å². The maximum atomic E-state index is 10.1. The van der Waals surface area contributed by atoms with Crippen molar-refractivity contribution in [1.29, 1.82) is 0 Å². The predicted octanol–water partition coefficient (Wildman–Crippen LogP) is 3.36. The van der Waals surface area contributed by atoms with Gasteiger partial charge in [0.05, 0.1) is 17.5 Å². The van der Waals surface area contributed by atoms with E-state index in [-0.39, 0.29) is 0 Å². The number of nitrogens with zero attached hydrogens (tertiary/aromatic N) is 2. The third-order valence-corrected chi connectivity index (χ3v) is 3.33. The van der Waals surface area contributed by atoms with E-state index in [1.807, 2.05) is 60.0 Å². The van der Waals surface area contributed by atoms with Crippen molar-refractivity contribution in [2.45, 2.75) is 20.0 Å². The monoisotopic (exact) mass is 252 g/mol. The lowest BCUT2D eigenvalue weighted by molar-refractivity contribution is 0.194. The van der Waals surface area contributed by atoms with Gasteiger partial charge >= 0.3 is 0 Å². The van der Waals surface area contributed by atoms with Gasteiger partial charge in [0.1, 0.15) is 5.65 Å². The molecule has 1 aromatic carbocycles. The molecule has 0 spiro atoms. The summed E-state index contributed by atoms with van der Waals surface area (Å²) in [5.74, 6) is 0. The Morgan fingerprint density at radius 3 is 2.53 bits per heavy atom. The van der Waals surface area contributed by atoms with Crippen LogP contribution in [0.25, 0.3) is 16.9 Å². The molecule has 0 aliphatic rings. The summed E-state index contributed by atoms with van der Waals surface area (Å²) in [5.41, 5.74) is 4.72. The summed E-state index contributed by atoms with van der Waals surface area (Å²) in [7, 11) is 0. The highest BCUT2D eigenvalue weighted by atomic mass is 16.3. The van der Waals surface area contributed by atoms with E-state index < -0.39 is 6.10 Å². The van der Waals surface area contributed by atoms with E-state index in [9.17, 15) is 5.11 Å². The Morgan fingerprint density at radius 1 is 1.11 bits per heavy atom. The van der Waals surface area contributed by atoms with E-state index in [1.165, 1.54) is 0 Å². The van der Waals surface area contributed by atoms with Crippen LogP contribution in [-0.4, -0.2) is 14.5 Å². The number of aliphatic hydroxyl groups is 1. The fourth-order valence-corrected chi connectivity index (χ4v) is 2.43. The molecule has 0 aliphatic heterocycles. The topological polar surface area (TPSA) is 37.5 Å². The summed E-state index contributed by atoms with van der Waals surface area (Å²) < 4.78 is 1.97. The summed E-state index contributed by atoms with van der Waals surface area (Å²) in [4.78, 5) is 4.71. The highest BCUT2D eigenvalue weighted by Crippen LogP contribution is 2.29. The number of fused-ring (bicyclic) bond motifs is 1. The summed E-state index contributed by atoms with van der Waals surface area (Å²) in [5, 5.41) is 10.1. The Morgan fingerprint density at radius 2 is 1.84 bits per heavy atom. The zero-order valence-electron chi connectivity index (χ0n) is 11.0. The first kappa shape index (κ1) is 11.9. The van der Waals surface area contributed by atoms with E-state index in [4.69, 9.17) is 4.98 Å². The molecule has 1 unspecified atom stereocenters. The minimum absolute atomic E-state index is 0.563. The molecule has 0 saturated carbocycles. The first-order chi connectivity index (χ1) is 9.18. The summed E-state index contributed by atoms with van der Waals surface area (Å²) in [6, 6.07) is 14.0. The molecule has 3 nitrogen and oxygen atoms in total. The molecule has 0 bridgehead atoms. The Bertz CT molecular complexity index is 714. The van der Waals surface area contributed by atoms with Crippen LogP contribution in [-0.2, 0) is 0 Å². The second-order valence-corrected chi connectivity index (χ2v) is 4.77. The highest BCUT2D eigenvalue weighted by molar-refractivity contribution is 5.68. The Labute approximate surface area is 112 Å². The zero-order chi connectivity index (χ0) is 13.4. The first-order valence-corrected chi connectivity index (χ1v) is 6.39. The van der Waals surface area contributed by atoms with Crippen LogP contribution in [0.4, 0.5) is 0 Å². The van der Waals surface area contributed by atoms with Crippen LogP contribution in [0.2, 0.25) is 0 Å². The smallest absolute Gasteiger partial charge is 0.140 e. The van der Waals surface area contributed by atoms with Crippen LogP contribution in [0, 0.1) is 6.92 Å². The fraction of sp³-hybridized carbons (Fsp3) is 0.188. The third-order valence-electron chi connectivity index (χ3n) is 3.33. The maximum absolute atomic E-state index is 10.1. The molecule has 1 N–H and O–H groups in total. The summed E-state index contributed by atoms with van der Waals surface area (Å²) >= 11 is 0. The molecule has 0 aliphatic carbocycles. The second-order valence-electron chi connectivity index (χ2n) is 4.77. The van der Waals surface area contributed by atoms with E-state index in [0.29, 0.717) is 0 Å². The van der Waals surface area contributed by atoms with Crippen molar-refractivity contribution in [3.63, 3.8) is 0 Å². The van der Waals surface area contributed by atoms with Crippen LogP contribution >= 0.6 is 0 Å². The van der Waals surface area contributed by atoms with Crippen molar-refractivity contribution in [2.24, 2.45) is 0 Å². The van der Waals surface area contributed by atoms with Gasteiger partial charge in [0.2, 0.25) is 0 Å². The van der Waals surface area contributed by atoms with E-state index in [2.05, 4.69) is 0 Å². The Kier molecular flexibility index (Phi) is 2.84. The number of rotatable bonds is 2. The van der Waals surface area contributed by atoms with Gasteiger partial charge in [-0.2, -0.15) is 0 Å². The summed E-state index contributed by atoms with van der Waals surface area (Å²) in [6.45, 7) is 3.81. The first-order valence-electron chi connectivity index (χ1n) is 6.39. The van der Waals surface area contributed by atoms with Crippen molar-refractivity contribution in [2.75, 3.05) is 0 Å². The van der Waals surface area contributed by atoms with E-state index in [0.717, 1.165) is 28.2 Å². The van der Waals surface area contributed by atoms with Crippen LogP contribution < -0.4 is 0 Å². The molecule has 0 fully saturated rings. The van der Waals surface area contributed by atoms with Crippen molar-refractivity contribution >= 4 is 5.65 Å². The number of hydrogen-bond acceptors (Lipinski definition) is 2. The minimum atomic E-state index is -0.563. The molecule has 3 heteroatoms. The van der Waals surface area contributed by atoms with Crippen LogP contribution in [0.5, 0.6) is 0 Å². The van der Waals surface area contributed by atoms with Gasteiger partial charge in [-0.3, -0.25) is 0 Å². The number of hydrogen-bond donors (Lipinski definition) is 1. The van der Waals surface area contributed by atoms with Gasteiger partial charge in [-0.05, 0) is 25.5 Å². The van der Waals surface area contributed by atoms with Gasteiger partial charge in [0.15, 0.2) is 0 Å². The molecule has 3 rings (SSSR count). The molecule has 0 saturated heterocycles. The lowest BCUT2D eigenvalue weighted by atomic mass is 10.1. The Balaban J connectivity index is 2.36.